The van der Waals surface area contributed by atoms with E-state index < -0.39 is 54.0 Å². The molecular formula is C21H41N7O6. The predicted molar refractivity (Wildman–Crippen MR) is 127 cm³/mol. The number of hydrogen-bond acceptors (Lipinski definition) is 7. The van der Waals surface area contributed by atoms with Crippen LogP contribution in [0.1, 0.15) is 53.9 Å². The molecule has 3 amide bonds. The van der Waals surface area contributed by atoms with Gasteiger partial charge in [0.05, 0.1) is 12.1 Å². The number of carboxylic acid groups (broad SMARTS) is 1. The van der Waals surface area contributed by atoms with Crippen LogP contribution in [0.2, 0.25) is 0 Å². The van der Waals surface area contributed by atoms with E-state index in [1.54, 1.807) is 13.8 Å². The van der Waals surface area contributed by atoms with Crippen molar-refractivity contribution in [2.24, 2.45) is 34.0 Å². The molecule has 0 aliphatic carbocycles. The molecule has 34 heavy (non-hydrogen) atoms. The summed E-state index contributed by atoms with van der Waals surface area (Å²) >= 11 is 0. The Hall–Kier alpha value is -2.93. The number of amides is 3. The number of aliphatic hydroxyl groups is 1. The van der Waals surface area contributed by atoms with E-state index in [-0.39, 0.29) is 37.2 Å². The van der Waals surface area contributed by atoms with E-state index in [4.69, 9.17) is 17.2 Å². The second kappa shape index (κ2) is 15.1. The Morgan fingerprint density at radius 2 is 1.41 bits per heavy atom. The zero-order valence-electron chi connectivity index (χ0n) is 20.6. The van der Waals surface area contributed by atoms with Crippen molar-refractivity contribution in [3.8, 4) is 0 Å². The van der Waals surface area contributed by atoms with E-state index >= 15 is 0 Å². The number of guanidine groups is 1. The lowest BCUT2D eigenvalue weighted by atomic mass is 10.0. The Kier molecular flexibility index (Phi) is 13.8. The summed E-state index contributed by atoms with van der Waals surface area (Å²) in [5.41, 5.74) is 16.5. The first-order chi connectivity index (χ1) is 15.7. The summed E-state index contributed by atoms with van der Waals surface area (Å²) in [7, 11) is 0. The minimum Gasteiger partial charge on any atom is -0.480 e. The summed E-state index contributed by atoms with van der Waals surface area (Å²) in [6.07, 6.45) is -0.626. The van der Waals surface area contributed by atoms with Crippen LogP contribution in [0.25, 0.3) is 0 Å². The first kappa shape index (κ1) is 31.1. The van der Waals surface area contributed by atoms with Crippen LogP contribution in [0.5, 0.6) is 0 Å². The van der Waals surface area contributed by atoms with Gasteiger partial charge in [-0.05, 0) is 38.0 Å². The molecule has 5 unspecified atom stereocenters. The lowest BCUT2D eigenvalue weighted by Crippen LogP contribution is -2.58. The van der Waals surface area contributed by atoms with Crippen LogP contribution >= 0.6 is 0 Å². The lowest BCUT2D eigenvalue weighted by Gasteiger charge is -2.27. The highest BCUT2D eigenvalue weighted by Crippen LogP contribution is 2.09. The van der Waals surface area contributed by atoms with Gasteiger partial charge in [0.15, 0.2) is 12.0 Å². The van der Waals surface area contributed by atoms with E-state index in [0.717, 1.165) is 0 Å². The molecule has 0 rings (SSSR count). The van der Waals surface area contributed by atoms with Crippen LogP contribution in [0.4, 0.5) is 0 Å². The van der Waals surface area contributed by atoms with Crippen LogP contribution in [0.3, 0.4) is 0 Å². The first-order valence-electron chi connectivity index (χ1n) is 11.3. The molecule has 0 aromatic rings. The second-order valence-electron chi connectivity index (χ2n) is 9.04. The van der Waals surface area contributed by atoms with Gasteiger partial charge in [0.25, 0.3) is 0 Å². The molecule has 0 spiro atoms. The summed E-state index contributed by atoms with van der Waals surface area (Å²) in [6.45, 7) is 8.64. The van der Waals surface area contributed by atoms with Crippen LogP contribution < -0.4 is 33.2 Å². The molecule has 0 saturated carbocycles. The SMILES string of the molecule is CC(C)CC(NC(=O)C(CCCN=C(N)N)NC(=O)C(N)C(C)C)C(=O)NC(C(=O)O)C(C)O. The molecule has 13 heteroatoms. The number of aliphatic imine (C=N–C) groups is 1. The third kappa shape index (κ3) is 11.8. The van der Waals surface area contributed by atoms with Gasteiger partial charge in [0.1, 0.15) is 12.1 Å². The largest absolute Gasteiger partial charge is 0.480 e. The molecule has 0 fully saturated rings. The van der Waals surface area contributed by atoms with Crippen LogP contribution in [0, 0.1) is 11.8 Å². The minimum atomic E-state index is -1.54. The highest BCUT2D eigenvalue weighted by atomic mass is 16.4. The number of nitrogens with one attached hydrogen (secondary N) is 3. The van der Waals surface area contributed by atoms with E-state index in [9.17, 15) is 29.4 Å². The molecular weight excluding hydrogens is 446 g/mol. The van der Waals surface area contributed by atoms with Gasteiger partial charge in [-0.1, -0.05) is 27.7 Å². The fourth-order valence-corrected chi connectivity index (χ4v) is 2.96. The zero-order valence-corrected chi connectivity index (χ0v) is 20.6. The summed E-state index contributed by atoms with van der Waals surface area (Å²) in [5.74, 6) is -3.65. The topological polar surface area (TPSA) is 235 Å². The molecule has 0 bridgehead atoms. The minimum absolute atomic E-state index is 0.0323. The highest BCUT2D eigenvalue weighted by molar-refractivity contribution is 5.94. The van der Waals surface area contributed by atoms with Crippen molar-refractivity contribution in [3.63, 3.8) is 0 Å². The number of aliphatic hydroxyl groups excluding tert-OH is 1. The molecule has 0 aromatic heterocycles. The average Bonchev–Trinajstić information content (AvgIpc) is 2.71. The molecule has 0 aliphatic rings. The number of aliphatic carboxylic acids is 1. The molecule has 13 nitrogen and oxygen atoms in total. The van der Waals surface area contributed by atoms with E-state index in [0.29, 0.717) is 6.42 Å². The molecule has 0 aliphatic heterocycles. The molecule has 0 heterocycles. The fourth-order valence-electron chi connectivity index (χ4n) is 2.96. The number of rotatable bonds is 15. The third-order valence-corrected chi connectivity index (χ3v) is 4.99. The summed E-state index contributed by atoms with van der Waals surface area (Å²) in [6, 6.07) is -4.51. The van der Waals surface area contributed by atoms with Crippen molar-refractivity contribution in [1.82, 2.24) is 16.0 Å². The predicted octanol–water partition coefficient (Wildman–Crippen LogP) is -2.01. The van der Waals surface area contributed by atoms with Crippen molar-refractivity contribution in [2.75, 3.05) is 6.54 Å². The number of nitrogens with two attached hydrogens (primary N) is 3. The maximum Gasteiger partial charge on any atom is 0.328 e. The van der Waals surface area contributed by atoms with Crippen LogP contribution in [0.15, 0.2) is 4.99 Å². The third-order valence-electron chi connectivity index (χ3n) is 4.99. The maximum absolute atomic E-state index is 13.1. The number of carbonyl (C=O) groups is 4. The van der Waals surface area contributed by atoms with E-state index in [2.05, 4.69) is 20.9 Å². The van der Waals surface area contributed by atoms with Gasteiger partial charge in [0, 0.05) is 6.54 Å². The molecule has 0 radical (unpaired) electrons. The Labute approximate surface area is 200 Å². The Bertz CT molecular complexity index is 722. The summed E-state index contributed by atoms with van der Waals surface area (Å²) in [5, 5.41) is 26.3. The maximum atomic E-state index is 13.1. The molecule has 5 atom stereocenters. The van der Waals surface area contributed by atoms with Gasteiger partial charge in [0.2, 0.25) is 17.7 Å². The molecule has 11 N–H and O–H groups in total. The molecule has 0 aromatic carbocycles. The van der Waals surface area contributed by atoms with Gasteiger partial charge in [-0.3, -0.25) is 19.4 Å². The smallest absolute Gasteiger partial charge is 0.328 e. The number of carboxylic acids is 1. The quantitative estimate of drug-likeness (QED) is 0.0722. The van der Waals surface area contributed by atoms with Crippen molar-refractivity contribution in [1.29, 1.82) is 0 Å². The van der Waals surface area contributed by atoms with Crippen LogP contribution in [-0.4, -0.2) is 76.7 Å². The van der Waals surface area contributed by atoms with Crippen molar-refractivity contribution in [2.45, 2.75) is 84.2 Å². The lowest BCUT2D eigenvalue weighted by molar-refractivity contribution is -0.145. The van der Waals surface area contributed by atoms with Crippen molar-refractivity contribution >= 4 is 29.7 Å². The fraction of sp³-hybridized carbons (Fsp3) is 0.762. The van der Waals surface area contributed by atoms with E-state index in [1.807, 2.05) is 13.8 Å². The zero-order chi connectivity index (χ0) is 26.6. The number of nitrogens with zero attached hydrogens (tertiary/aromatic N) is 1. The van der Waals surface area contributed by atoms with Gasteiger partial charge >= 0.3 is 5.97 Å². The summed E-state index contributed by atoms with van der Waals surface area (Å²) < 4.78 is 0. The monoisotopic (exact) mass is 487 g/mol. The summed E-state index contributed by atoms with van der Waals surface area (Å²) in [4.78, 5) is 53.5. The second-order valence-corrected chi connectivity index (χ2v) is 9.04. The number of carbonyl (C=O) groups excluding carboxylic acids is 3. The van der Waals surface area contributed by atoms with E-state index in [1.165, 1.54) is 6.92 Å². The standard InChI is InChI=1S/C21H41N7O6/c1-10(2)9-14(18(31)28-16(12(5)29)20(33)34)27-17(30)13(7-6-8-25-21(23)24)26-19(32)15(22)11(3)4/h10-16,29H,6-9,22H2,1-5H3,(H,26,32)(H,27,30)(H,28,31)(H,33,34)(H4,23,24,25). The van der Waals surface area contributed by atoms with Gasteiger partial charge in [-0.25, -0.2) is 4.79 Å². The Morgan fingerprint density at radius 3 is 1.85 bits per heavy atom. The average molecular weight is 488 g/mol. The Morgan fingerprint density at radius 1 is 0.882 bits per heavy atom. The normalized spacial score (nSPS) is 15.6. The first-order valence-corrected chi connectivity index (χ1v) is 11.3. The highest BCUT2D eigenvalue weighted by Gasteiger charge is 2.32. The molecule has 196 valence electrons. The van der Waals surface area contributed by atoms with Gasteiger partial charge in [-0.2, -0.15) is 0 Å². The molecule has 0 saturated heterocycles. The van der Waals surface area contributed by atoms with Gasteiger partial charge < -0.3 is 43.4 Å². The van der Waals surface area contributed by atoms with Crippen molar-refractivity contribution < 1.29 is 29.4 Å². The van der Waals surface area contributed by atoms with Gasteiger partial charge in [-0.15, -0.1) is 0 Å². The Balaban J connectivity index is 5.60. The number of hydrogen-bond donors (Lipinski definition) is 8. The van der Waals surface area contributed by atoms with Crippen LogP contribution in [-0.2, 0) is 19.2 Å². The van der Waals surface area contributed by atoms with Crippen molar-refractivity contribution in [3.05, 3.63) is 0 Å².